The summed E-state index contributed by atoms with van der Waals surface area (Å²) in [7, 11) is 1.58. The van der Waals surface area contributed by atoms with Crippen molar-refractivity contribution in [2.75, 3.05) is 7.05 Å². The van der Waals surface area contributed by atoms with Gasteiger partial charge in [-0.25, -0.2) is 0 Å². The van der Waals surface area contributed by atoms with Gasteiger partial charge in [-0.1, -0.05) is 13.8 Å². The van der Waals surface area contributed by atoms with Crippen LogP contribution in [0.25, 0.3) is 0 Å². The molecule has 0 aromatic carbocycles. The number of likely N-dealkylation sites (N-methyl/N-ethyl adjacent to an activating group) is 1. The van der Waals surface area contributed by atoms with Crippen molar-refractivity contribution in [2.24, 2.45) is 5.92 Å². The van der Waals surface area contributed by atoms with E-state index in [1.54, 1.807) is 18.5 Å². The second-order valence-electron chi connectivity index (χ2n) is 4.28. The monoisotopic (exact) mass is 254 g/mol. The molecule has 0 aliphatic heterocycles. The third kappa shape index (κ3) is 4.19. The van der Waals surface area contributed by atoms with Crippen LogP contribution in [0.4, 0.5) is 0 Å². The van der Waals surface area contributed by atoms with Crippen molar-refractivity contribution < 1.29 is 9.59 Å². The number of carbonyl (C=O) groups excluding carboxylic acids is 2. The van der Waals surface area contributed by atoms with E-state index in [1.807, 2.05) is 19.2 Å². The summed E-state index contributed by atoms with van der Waals surface area (Å²) in [6, 6.07) is 1.28. The van der Waals surface area contributed by atoms with Crippen LogP contribution in [0.3, 0.4) is 0 Å². The Balaban J connectivity index is 2.66. The third-order valence-electron chi connectivity index (χ3n) is 2.36. The van der Waals surface area contributed by atoms with E-state index in [-0.39, 0.29) is 11.8 Å². The molecule has 4 nitrogen and oxygen atoms in total. The average molecular weight is 254 g/mol. The Morgan fingerprint density at radius 2 is 2.12 bits per heavy atom. The highest BCUT2D eigenvalue weighted by Crippen LogP contribution is 2.09. The second kappa shape index (κ2) is 6.39. The van der Waals surface area contributed by atoms with Crippen LogP contribution in [-0.2, 0) is 4.79 Å². The van der Waals surface area contributed by atoms with Gasteiger partial charge in [-0.15, -0.1) is 0 Å². The van der Waals surface area contributed by atoms with E-state index < -0.39 is 6.04 Å². The number of thiophene rings is 1. The fourth-order valence-electron chi connectivity index (χ4n) is 1.51. The molecule has 1 atom stereocenters. The summed E-state index contributed by atoms with van der Waals surface area (Å²) in [4.78, 5) is 23.5. The molecular formula is C12H18N2O2S. The van der Waals surface area contributed by atoms with Gasteiger partial charge >= 0.3 is 0 Å². The normalized spacial score (nSPS) is 12.2. The van der Waals surface area contributed by atoms with Crippen molar-refractivity contribution in [3.05, 3.63) is 22.4 Å². The lowest BCUT2D eigenvalue weighted by molar-refractivity contribution is -0.122. The SMILES string of the molecule is CNC(=O)C(CC(C)C)NC(=O)c1ccsc1. The van der Waals surface area contributed by atoms with Gasteiger partial charge in [0.1, 0.15) is 6.04 Å². The van der Waals surface area contributed by atoms with Crippen molar-refractivity contribution in [3.63, 3.8) is 0 Å². The molecule has 0 radical (unpaired) electrons. The molecule has 0 bridgehead atoms. The first-order valence-electron chi connectivity index (χ1n) is 5.59. The quantitative estimate of drug-likeness (QED) is 0.839. The molecule has 2 N–H and O–H groups in total. The summed E-state index contributed by atoms with van der Waals surface area (Å²) in [6.45, 7) is 4.04. The molecule has 5 heteroatoms. The smallest absolute Gasteiger partial charge is 0.252 e. The molecule has 1 heterocycles. The summed E-state index contributed by atoms with van der Waals surface area (Å²) >= 11 is 1.46. The minimum absolute atomic E-state index is 0.151. The average Bonchev–Trinajstić information content (AvgIpc) is 2.79. The fourth-order valence-corrected chi connectivity index (χ4v) is 2.15. The summed E-state index contributed by atoms with van der Waals surface area (Å²) < 4.78 is 0. The Morgan fingerprint density at radius 1 is 1.41 bits per heavy atom. The molecule has 1 aromatic rings. The summed E-state index contributed by atoms with van der Waals surface area (Å²) in [5.41, 5.74) is 0.604. The number of hydrogen-bond donors (Lipinski definition) is 2. The van der Waals surface area contributed by atoms with Crippen molar-refractivity contribution in [3.8, 4) is 0 Å². The molecule has 0 saturated heterocycles. The highest BCUT2D eigenvalue weighted by atomic mass is 32.1. The Bertz CT molecular complexity index is 374. The van der Waals surface area contributed by atoms with E-state index >= 15 is 0 Å². The van der Waals surface area contributed by atoms with E-state index in [0.29, 0.717) is 17.9 Å². The molecular weight excluding hydrogens is 236 g/mol. The van der Waals surface area contributed by atoms with Gasteiger partial charge in [-0.2, -0.15) is 11.3 Å². The van der Waals surface area contributed by atoms with Crippen molar-refractivity contribution in [1.82, 2.24) is 10.6 Å². The zero-order chi connectivity index (χ0) is 12.8. The molecule has 1 aromatic heterocycles. The van der Waals surface area contributed by atoms with Gasteiger partial charge in [0.25, 0.3) is 5.91 Å². The molecule has 1 rings (SSSR count). The molecule has 1 unspecified atom stereocenters. The van der Waals surface area contributed by atoms with Crippen LogP contribution in [0.5, 0.6) is 0 Å². The molecule has 0 saturated carbocycles. The molecule has 2 amide bonds. The lowest BCUT2D eigenvalue weighted by Gasteiger charge is -2.18. The molecule has 0 aliphatic rings. The molecule has 0 fully saturated rings. The van der Waals surface area contributed by atoms with Crippen LogP contribution in [0.1, 0.15) is 30.6 Å². The predicted molar refractivity (Wildman–Crippen MR) is 69.1 cm³/mol. The van der Waals surface area contributed by atoms with Gasteiger partial charge < -0.3 is 10.6 Å². The molecule has 0 aliphatic carbocycles. The predicted octanol–water partition coefficient (Wildman–Crippen LogP) is 1.64. The maximum atomic E-state index is 11.8. The van der Waals surface area contributed by atoms with E-state index in [1.165, 1.54) is 11.3 Å². The number of amides is 2. The first-order valence-corrected chi connectivity index (χ1v) is 6.53. The highest BCUT2D eigenvalue weighted by Gasteiger charge is 2.21. The number of hydrogen-bond acceptors (Lipinski definition) is 3. The van der Waals surface area contributed by atoms with Crippen molar-refractivity contribution >= 4 is 23.2 Å². The molecule has 17 heavy (non-hydrogen) atoms. The lowest BCUT2D eigenvalue weighted by atomic mass is 10.0. The first-order chi connectivity index (χ1) is 8.04. The van der Waals surface area contributed by atoms with E-state index in [2.05, 4.69) is 10.6 Å². The van der Waals surface area contributed by atoms with Gasteiger partial charge in [0, 0.05) is 12.4 Å². The Hall–Kier alpha value is -1.36. The number of carbonyl (C=O) groups is 2. The van der Waals surface area contributed by atoms with Gasteiger partial charge in [0.15, 0.2) is 0 Å². The zero-order valence-corrected chi connectivity index (χ0v) is 11.1. The largest absolute Gasteiger partial charge is 0.357 e. The summed E-state index contributed by atoms with van der Waals surface area (Å²) in [6.07, 6.45) is 0.634. The third-order valence-corrected chi connectivity index (χ3v) is 3.04. The Morgan fingerprint density at radius 3 is 2.59 bits per heavy atom. The van der Waals surface area contributed by atoms with Crippen LogP contribution in [0.15, 0.2) is 16.8 Å². The standard InChI is InChI=1S/C12H18N2O2S/c1-8(2)6-10(12(16)13-3)14-11(15)9-4-5-17-7-9/h4-5,7-8,10H,6H2,1-3H3,(H,13,16)(H,14,15). The maximum absolute atomic E-state index is 11.8. The Kier molecular flexibility index (Phi) is 5.15. The van der Waals surface area contributed by atoms with Crippen LogP contribution in [0.2, 0.25) is 0 Å². The van der Waals surface area contributed by atoms with Crippen molar-refractivity contribution in [1.29, 1.82) is 0 Å². The van der Waals surface area contributed by atoms with Crippen LogP contribution >= 0.6 is 11.3 Å². The van der Waals surface area contributed by atoms with E-state index in [9.17, 15) is 9.59 Å². The van der Waals surface area contributed by atoms with Crippen molar-refractivity contribution in [2.45, 2.75) is 26.3 Å². The van der Waals surface area contributed by atoms with Crippen LogP contribution in [-0.4, -0.2) is 24.9 Å². The topological polar surface area (TPSA) is 58.2 Å². The molecule has 94 valence electrons. The summed E-state index contributed by atoms with van der Waals surface area (Å²) in [5.74, 6) is 0.00264. The zero-order valence-electron chi connectivity index (χ0n) is 10.3. The van der Waals surface area contributed by atoms with Crippen LogP contribution in [0, 0.1) is 5.92 Å². The van der Waals surface area contributed by atoms with E-state index in [4.69, 9.17) is 0 Å². The second-order valence-corrected chi connectivity index (χ2v) is 5.06. The van der Waals surface area contributed by atoms with E-state index in [0.717, 1.165) is 0 Å². The maximum Gasteiger partial charge on any atom is 0.252 e. The lowest BCUT2D eigenvalue weighted by Crippen LogP contribution is -2.46. The molecule has 0 spiro atoms. The summed E-state index contributed by atoms with van der Waals surface area (Å²) in [5, 5.41) is 8.94. The van der Waals surface area contributed by atoms with Gasteiger partial charge in [-0.3, -0.25) is 9.59 Å². The minimum atomic E-state index is -0.465. The fraction of sp³-hybridized carbons (Fsp3) is 0.500. The van der Waals surface area contributed by atoms with Gasteiger partial charge in [0.2, 0.25) is 5.91 Å². The minimum Gasteiger partial charge on any atom is -0.357 e. The number of rotatable bonds is 5. The van der Waals surface area contributed by atoms with Crippen LogP contribution < -0.4 is 10.6 Å². The highest BCUT2D eigenvalue weighted by molar-refractivity contribution is 7.08. The number of nitrogens with one attached hydrogen (secondary N) is 2. The van der Waals surface area contributed by atoms with Gasteiger partial charge in [-0.05, 0) is 23.8 Å². The Labute approximate surface area is 105 Å². The first kappa shape index (κ1) is 13.7. The van der Waals surface area contributed by atoms with Gasteiger partial charge in [0.05, 0.1) is 5.56 Å².